The van der Waals surface area contributed by atoms with Gasteiger partial charge in [0.2, 0.25) is 0 Å². The van der Waals surface area contributed by atoms with E-state index in [0.29, 0.717) is 17.0 Å². The lowest BCUT2D eigenvalue weighted by molar-refractivity contribution is 0.0992. The van der Waals surface area contributed by atoms with Gasteiger partial charge in [0.1, 0.15) is 0 Å². The summed E-state index contributed by atoms with van der Waals surface area (Å²) in [7, 11) is 0. The van der Waals surface area contributed by atoms with Gasteiger partial charge in [-0.15, -0.1) is 0 Å². The van der Waals surface area contributed by atoms with E-state index in [0.717, 1.165) is 21.4 Å². The predicted octanol–water partition coefficient (Wildman–Crippen LogP) is 4.54. The summed E-state index contributed by atoms with van der Waals surface area (Å²) in [5, 5.41) is 0.602. The minimum atomic E-state index is 0.0535. The second-order valence-corrected chi connectivity index (χ2v) is 5.80. The molecule has 0 radical (unpaired) electrons. The number of hydrogen-bond acceptors (Lipinski definition) is 2. The van der Waals surface area contributed by atoms with Crippen LogP contribution < -0.4 is 0 Å². The van der Waals surface area contributed by atoms with Crippen LogP contribution >= 0.6 is 27.5 Å². The molecule has 0 N–H and O–H groups in total. The summed E-state index contributed by atoms with van der Waals surface area (Å²) in [4.78, 5) is 16.5. The van der Waals surface area contributed by atoms with Crippen LogP contribution in [0, 0.1) is 13.8 Å². The Labute approximate surface area is 126 Å². The maximum absolute atomic E-state index is 12.3. The monoisotopic (exact) mass is 337 g/mol. The quantitative estimate of drug-likeness (QED) is 0.769. The van der Waals surface area contributed by atoms with Crippen molar-refractivity contribution in [2.45, 2.75) is 20.3 Å². The van der Waals surface area contributed by atoms with Gasteiger partial charge in [-0.1, -0.05) is 33.6 Å². The van der Waals surface area contributed by atoms with Crippen LogP contribution in [0.5, 0.6) is 0 Å². The maximum Gasteiger partial charge on any atom is 0.167 e. The number of carbonyl (C=O) groups is 1. The predicted molar refractivity (Wildman–Crippen MR) is 80.9 cm³/mol. The van der Waals surface area contributed by atoms with E-state index in [1.807, 2.05) is 38.1 Å². The van der Waals surface area contributed by atoms with Crippen molar-refractivity contribution in [1.29, 1.82) is 0 Å². The third kappa shape index (κ3) is 3.64. The van der Waals surface area contributed by atoms with Crippen LogP contribution in [-0.2, 0) is 6.42 Å². The summed E-state index contributed by atoms with van der Waals surface area (Å²) >= 11 is 9.48. The van der Waals surface area contributed by atoms with Gasteiger partial charge in [0.05, 0.1) is 0 Å². The van der Waals surface area contributed by atoms with Crippen LogP contribution in [0.3, 0.4) is 0 Å². The number of nitrogens with zero attached hydrogens (tertiary/aromatic N) is 1. The Kier molecular flexibility index (Phi) is 4.38. The van der Waals surface area contributed by atoms with E-state index in [1.165, 1.54) is 0 Å². The molecule has 2 aromatic rings. The zero-order chi connectivity index (χ0) is 14.0. The lowest BCUT2D eigenvalue weighted by Crippen LogP contribution is -2.05. The lowest BCUT2D eigenvalue weighted by Gasteiger charge is -2.06. The summed E-state index contributed by atoms with van der Waals surface area (Å²) in [6, 6.07) is 9.17. The molecule has 0 spiro atoms. The van der Waals surface area contributed by atoms with Crippen molar-refractivity contribution in [2.75, 3.05) is 0 Å². The average Bonchev–Trinajstić information content (AvgIpc) is 2.31. The molecular weight excluding hydrogens is 326 g/mol. The van der Waals surface area contributed by atoms with E-state index in [-0.39, 0.29) is 5.78 Å². The number of hydrogen-bond donors (Lipinski definition) is 0. The summed E-state index contributed by atoms with van der Waals surface area (Å²) in [5.41, 5.74) is 3.22. The third-order valence-electron chi connectivity index (χ3n) is 2.77. The fourth-order valence-electron chi connectivity index (χ4n) is 1.94. The molecule has 0 amide bonds. The van der Waals surface area contributed by atoms with Crippen LogP contribution in [0.2, 0.25) is 5.02 Å². The van der Waals surface area contributed by atoms with E-state index in [9.17, 15) is 4.79 Å². The highest BCUT2D eigenvalue weighted by molar-refractivity contribution is 9.10. The molecule has 1 heterocycles. The van der Waals surface area contributed by atoms with Gasteiger partial charge in [-0.3, -0.25) is 9.78 Å². The SMILES string of the molecule is Cc1cc(C(=O)Cc2ccc(Br)cc2Cl)cc(C)n1. The van der Waals surface area contributed by atoms with Gasteiger partial charge >= 0.3 is 0 Å². The molecule has 0 saturated carbocycles. The molecule has 19 heavy (non-hydrogen) atoms. The standard InChI is InChI=1S/C15H13BrClNO/c1-9-5-12(6-10(2)18-9)15(19)7-11-3-4-13(16)8-14(11)17/h3-6,8H,7H2,1-2H3. The topological polar surface area (TPSA) is 30.0 Å². The first-order valence-corrected chi connectivity index (χ1v) is 7.05. The van der Waals surface area contributed by atoms with Gasteiger partial charge in [0.15, 0.2) is 5.78 Å². The fourth-order valence-corrected chi connectivity index (χ4v) is 2.68. The van der Waals surface area contributed by atoms with Crippen LogP contribution in [0.1, 0.15) is 27.3 Å². The Bertz CT molecular complexity index is 620. The molecule has 1 aromatic carbocycles. The second kappa shape index (κ2) is 5.85. The van der Waals surface area contributed by atoms with Crippen molar-refractivity contribution in [2.24, 2.45) is 0 Å². The highest BCUT2D eigenvalue weighted by Crippen LogP contribution is 2.23. The van der Waals surface area contributed by atoms with Gasteiger partial charge in [-0.25, -0.2) is 0 Å². The molecule has 0 aliphatic heterocycles. The van der Waals surface area contributed by atoms with Crippen molar-refractivity contribution in [3.8, 4) is 0 Å². The first-order chi connectivity index (χ1) is 8.95. The molecule has 2 nitrogen and oxygen atoms in total. The van der Waals surface area contributed by atoms with Crippen molar-refractivity contribution < 1.29 is 4.79 Å². The van der Waals surface area contributed by atoms with Gasteiger partial charge in [-0.2, -0.15) is 0 Å². The third-order valence-corrected chi connectivity index (χ3v) is 3.61. The number of aryl methyl sites for hydroxylation is 2. The average molecular weight is 339 g/mol. The number of halogens is 2. The normalized spacial score (nSPS) is 10.5. The first-order valence-electron chi connectivity index (χ1n) is 5.88. The highest BCUT2D eigenvalue weighted by atomic mass is 79.9. The molecule has 1 aromatic heterocycles. The minimum Gasteiger partial charge on any atom is -0.294 e. The molecule has 0 atom stereocenters. The molecule has 0 aliphatic carbocycles. The second-order valence-electron chi connectivity index (χ2n) is 4.47. The first kappa shape index (κ1) is 14.2. The molecule has 2 rings (SSSR count). The molecule has 0 fully saturated rings. The van der Waals surface area contributed by atoms with Crippen LogP contribution in [0.15, 0.2) is 34.8 Å². The van der Waals surface area contributed by atoms with Crippen LogP contribution in [0.4, 0.5) is 0 Å². The van der Waals surface area contributed by atoms with Crippen molar-refractivity contribution in [3.63, 3.8) is 0 Å². The summed E-state index contributed by atoms with van der Waals surface area (Å²) in [6.45, 7) is 3.77. The Morgan fingerprint density at radius 1 is 1.21 bits per heavy atom. The smallest absolute Gasteiger partial charge is 0.167 e. The summed E-state index contributed by atoms with van der Waals surface area (Å²) in [6.07, 6.45) is 0.301. The highest BCUT2D eigenvalue weighted by Gasteiger charge is 2.11. The fraction of sp³-hybridized carbons (Fsp3) is 0.200. The van der Waals surface area contributed by atoms with Crippen LogP contribution in [0.25, 0.3) is 0 Å². The number of ketones is 1. The van der Waals surface area contributed by atoms with E-state index in [1.54, 1.807) is 6.07 Å². The Hall–Kier alpha value is -1.19. The zero-order valence-electron chi connectivity index (χ0n) is 10.7. The van der Waals surface area contributed by atoms with Crippen molar-refractivity contribution in [3.05, 3.63) is 62.3 Å². The summed E-state index contributed by atoms with van der Waals surface area (Å²) in [5.74, 6) is 0.0535. The Morgan fingerprint density at radius 2 is 1.84 bits per heavy atom. The van der Waals surface area contributed by atoms with Gasteiger partial charge < -0.3 is 0 Å². The van der Waals surface area contributed by atoms with E-state index in [2.05, 4.69) is 20.9 Å². The molecule has 0 aliphatic rings. The molecular formula is C15H13BrClNO. The number of rotatable bonds is 3. The largest absolute Gasteiger partial charge is 0.294 e. The van der Waals surface area contributed by atoms with Gasteiger partial charge in [-0.05, 0) is 43.7 Å². The number of aromatic nitrogens is 1. The molecule has 4 heteroatoms. The van der Waals surface area contributed by atoms with Crippen LogP contribution in [-0.4, -0.2) is 10.8 Å². The van der Waals surface area contributed by atoms with E-state index < -0.39 is 0 Å². The molecule has 0 unspecified atom stereocenters. The number of carbonyl (C=O) groups excluding carboxylic acids is 1. The number of Topliss-reactive ketones (excluding diaryl/α,β-unsaturated/α-hetero) is 1. The Morgan fingerprint density at radius 3 is 2.42 bits per heavy atom. The minimum absolute atomic E-state index is 0.0535. The van der Waals surface area contributed by atoms with E-state index >= 15 is 0 Å². The van der Waals surface area contributed by atoms with Crippen molar-refractivity contribution >= 4 is 33.3 Å². The zero-order valence-corrected chi connectivity index (χ0v) is 13.0. The van der Waals surface area contributed by atoms with E-state index in [4.69, 9.17) is 11.6 Å². The molecule has 98 valence electrons. The van der Waals surface area contributed by atoms with Gasteiger partial charge in [0.25, 0.3) is 0 Å². The van der Waals surface area contributed by atoms with Gasteiger partial charge in [0, 0.05) is 32.9 Å². The number of benzene rings is 1. The molecule has 0 saturated heterocycles. The summed E-state index contributed by atoms with van der Waals surface area (Å²) < 4.78 is 0.907. The lowest BCUT2D eigenvalue weighted by atomic mass is 10.0. The Balaban J connectivity index is 2.25. The number of pyridine rings is 1. The van der Waals surface area contributed by atoms with Crippen molar-refractivity contribution in [1.82, 2.24) is 4.98 Å². The molecule has 0 bridgehead atoms. The maximum atomic E-state index is 12.3.